The fourth-order valence-electron chi connectivity index (χ4n) is 2.58. The van der Waals surface area contributed by atoms with E-state index in [9.17, 15) is 4.79 Å². The summed E-state index contributed by atoms with van der Waals surface area (Å²) in [4.78, 5) is 18.7. The van der Waals surface area contributed by atoms with E-state index < -0.39 is 0 Å². The van der Waals surface area contributed by atoms with Gasteiger partial charge < -0.3 is 14.6 Å². The predicted molar refractivity (Wildman–Crippen MR) is 91.9 cm³/mol. The van der Waals surface area contributed by atoms with Gasteiger partial charge in [0.05, 0.1) is 12.1 Å². The Bertz CT molecular complexity index is 658. The van der Waals surface area contributed by atoms with Gasteiger partial charge in [0.15, 0.2) is 0 Å². The summed E-state index contributed by atoms with van der Waals surface area (Å²) in [6.07, 6.45) is 1.82. The van der Waals surface area contributed by atoms with Crippen molar-refractivity contribution in [2.24, 2.45) is 0 Å². The van der Waals surface area contributed by atoms with Crippen LogP contribution in [0.15, 0.2) is 34.9 Å². The maximum atomic E-state index is 12.4. The van der Waals surface area contributed by atoms with Crippen LogP contribution >= 0.6 is 24.0 Å². The molecule has 1 aromatic heterocycles. The first-order valence-electron chi connectivity index (χ1n) is 7.34. The molecule has 5 nitrogen and oxygen atoms in total. The third kappa shape index (κ3) is 4.25. The van der Waals surface area contributed by atoms with Crippen molar-refractivity contribution in [1.29, 1.82) is 0 Å². The SMILES string of the molecule is C[C@@H]1CNCCN1C(=O)Cc1coc(-c2ccc(Cl)cc2)n1.Cl. The molecule has 0 bridgehead atoms. The van der Waals surface area contributed by atoms with E-state index in [1.54, 1.807) is 18.4 Å². The molecule has 0 saturated carbocycles. The summed E-state index contributed by atoms with van der Waals surface area (Å²) in [6, 6.07) is 7.47. The van der Waals surface area contributed by atoms with Crippen LogP contribution in [0, 0.1) is 0 Å². The fraction of sp³-hybridized carbons (Fsp3) is 0.375. The van der Waals surface area contributed by atoms with Crippen molar-refractivity contribution in [3.63, 3.8) is 0 Å². The lowest BCUT2D eigenvalue weighted by atomic mass is 10.2. The van der Waals surface area contributed by atoms with E-state index in [2.05, 4.69) is 10.3 Å². The van der Waals surface area contributed by atoms with Crippen LogP contribution in [0.1, 0.15) is 12.6 Å². The van der Waals surface area contributed by atoms with E-state index in [4.69, 9.17) is 16.0 Å². The van der Waals surface area contributed by atoms with Crippen molar-refractivity contribution in [3.8, 4) is 11.5 Å². The Morgan fingerprint density at radius 2 is 2.17 bits per heavy atom. The molecule has 0 spiro atoms. The van der Waals surface area contributed by atoms with Crippen molar-refractivity contribution in [2.45, 2.75) is 19.4 Å². The number of amides is 1. The molecule has 23 heavy (non-hydrogen) atoms. The standard InChI is InChI=1S/C16H18ClN3O2.ClH/c1-11-9-18-6-7-20(11)15(21)8-14-10-22-16(19-14)12-2-4-13(17)5-3-12;/h2-5,10-11,18H,6-9H2,1H3;1H/t11-;/m1./s1. The van der Waals surface area contributed by atoms with Crippen LogP contribution in [0.2, 0.25) is 5.02 Å². The van der Waals surface area contributed by atoms with Gasteiger partial charge in [-0.2, -0.15) is 0 Å². The zero-order valence-electron chi connectivity index (χ0n) is 12.8. The van der Waals surface area contributed by atoms with Crippen molar-refractivity contribution < 1.29 is 9.21 Å². The second-order valence-electron chi connectivity index (χ2n) is 5.47. The van der Waals surface area contributed by atoms with E-state index in [1.165, 1.54) is 0 Å². The lowest BCUT2D eigenvalue weighted by Gasteiger charge is -2.33. The average molecular weight is 356 g/mol. The number of hydrogen-bond donors (Lipinski definition) is 1. The summed E-state index contributed by atoms with van der Waals surface area (Å²) in [6.45, 7) is 4.46. The zero-order chi connectivity index (χ0) is 15.5. The summed E-state index contributed by atoms with van der Waals surface area (Å²) >= 11 is 5.87. The van der Waals surface area contributed by atoms with E-state index in [0.29, 0.717) is 16.6 Å². The Balaban J connectivity index is 0.00000192. The van der Waals surface area contributed by atoms with Crippen LogP contribution in [0.4, 0.5) is 0 Å². The molecule has 124 valence electrons. The number of piperazine rings is 1. The highest BCUT2D eigenvalue weighted by atomic mass is 35.5. The van der Waals surface area contributed by atoms with Gasteiger partial charge in [-0.1, -0.05) is 11.6 Å². The first-order chi connectivity index (χ1) is 10.6. The van der Waals surface area contributed by atoms with Crippen molar-refractivity contribution in [2.75, 3.05) is 19.6 Å². The summed E-state index contributed by atoms with van der Waals surface area (Å²) in [7, 11) is 0. The first-order valence-corrected chi connectivity index (χ1v) is 7.72. The second-order valence-corrected chi connectivity index (χ2v) is 5.90. The number of nitrogens with one attached hydrogen (secondary N) is 1. The number of halogens is 2. The molecule has 1 aromatic carbocycles. The number of hydrogen-bond acceptors (Lipinski definition) is 4. The van der Waals surface area contributed by atoms with Gasteiger partial charge in [-0.05, 0) is 31.2 Å². The Kier molecular flexibility index (Phi) is 6.04. The number of benzene rings is 1. The molecule has 1 atom stereocenters. The fourth-order valence-corrected chi connectivity index (χ4v) is 2.71. The minimum Gasteiger partial charge on any atom is -0.444 e. The molecule has 0 aliphatic carbocycles. The van der Waals surface area contributed by atoms with Crippen molar-refractivity contribution >= 4 is 29.9 Å². The van der Waals surface area contributed by atoms with Crippen LogP contribution in [-0.4, -0.2) is 41.5 Å². The molecule has 1 aliphatic rings. The molecule has 1 N–H and O–H groups in total. The van der Waals surface area contributed by atoms with Crippen molar-refractivity contribution in [3.05, 3.63) is 41.2 Å². The number of rotatable bonds is 3. The normalized spacial score (nSPS) is 17.7. The van der Waals surface area contributed by atoms with E-state index >= 15 is 0 Å². The molecule has 1 saturated heterocycles. The molecule has 0 unspecified atom stereocenters. The van der Waals surface area contributed by atoms with Gasteiger partial charge in [0.25, 0.3) is 0 Å². The topological polar surface area (TPSA) is 58.4 Å². The lowest BCUT2D eigenvalue weighted by Crippen LogP contribution is -2.52. The highest BCUT2D eigenvalue weighted by Crippen LogP contribution is 2.21. The molecular formula is C16H19Cl2N3O2. The highest BCUT2D eigenvalue weighted by Gasteiger charge is 2.23. The Labute approximate surface area is 146 Å². The van der Waals surface area contributed by atoms with Gasteiger partial charge in [-0.25, -0.2) is 4.98 Å². The summed E-state index contributed by atoms with van der Waals surface area (Å²) in [5.74, 6) is 0.595. The number of oxazole rings is 1. The molecule has 2 heterocycles. The zero-order valence-corrected chi connectivity index (χ0v) is 14.4. The van der Waals surface area contributed by atoms with E-state index in [-0.39, 0.29) is 30.8 Å². The number of nitrogens with zero attached hydrogens (tertiary/aromatic N) is 2. The maximum Gasteiger partial charge on any atom is 0.229 e. The average Bonchev–Trinajstić information content (AvgIpc) is 2.97. The Morgan fingerprint density at radius 1 is 1.43 bits per heavy atom. The molecule has 3 rings (SSSR count). The predicted octanol–water partition coefficient (Wildman–Crippen LogP) is 2.78. The minimum atomic E-state index is 0. The van der Waals surface area contributed by atoms with Gasteiger partial charge in [-0.15, -0.1) is 12.4 Å². The number of carbonyl (C=O) groups is 1. The molecule has 7 heteroatoms. The van der Waals surface area contributed by atoms with Crippen LogP contribution in [0.5, 0.6) is 0 Å². The quantitative estimate of drug-likeness (QED) is 0.919. The van der Waals surface area contributed by atoms with Gasteiger partial charge in [0.2, 0.25) is 11.8 Å². The minimum absolute atomic E-state index is 0. The molecular weight excluding hydrogens is 337 g/mol. The van der Waals surface area contributed by atoms with Gasteiger partial charge >= 0.3 is 0 Å². The Hall–Kier alpha value is -1.56. The number of aromatic nitrogens is 1. The van der Waals surface area contributed by atoms with Crippen LogP contribution in [-0.2, 0) is 11.2 Å². The first kappa shape index (κ1) is 17.8. The van der Waals surface area contributed by atoms with Gasteiger partial charge in [0, 0.05) is 36.3 Å². The highest BCUT2D eigenvalue weighted by molar-refractivity contribution is 6.30. The van der Waals surface area contributed by atoms with E-state index in [1.807, 2.05) is 24.0 Å². The maximum absolute atomic E-state index is 12.4. The largest absolute Gasteiger partial charge is 0.444 e. The molecule has 1 fully saturated rings. The van der Waals surface area contributed by atoms with Gasteiger partial charge in [0.1, 0.15) is 6.26 Å². The molecule has 0 radical (unpaired) electrons. The summed E-state index contributed by atoms with van der Waals surface area (Å²) < 4.78 is 5.47. The molecule has 1 amide bonds. The second kappa shape index (κ2) is 7.81. The lowest BCUT2D eigenvalue weighted by molar-refractivity contribution is -0.133. The Morgan fingerprint density at radius 3 is 2.87 bits per heavy atom. The van der Waals surface area contributed by atoms with Crippen molar-refractivity contribution in [1.82, 2.24) is 15.2 Å². The van der Waals surface area contributed by atoms with Crippen LogP contribution in [0.3, 0.4) is 0 Å². The molecule has 1 aliphatic heterocycles. The summed E-state index contributed by atoms with van der Waals surface area (Å²) in [5.41, 5.74) is 1.50. The number of carbonyl (C=O) groups excluding carboxylic acids is 1. The summed E-state index contributed by atoms with van der Waals surface area (Å²) in [5, 5.41) is 3.94. The van der Waals surface area contributed by atoms with Gasteiger partial charge in [-0.3, -0.25) is 4.79 Å². The molecule has 2 aromatic rings. The smallest absolute Gasteiger partial charge is 0.229 e. The van der Waals surface area contributed by atoms with Crippen LogP contribution in [0.25, 0.3) is 11.5 Å². The monoisotopic (exact) mass is 355 g/mol. The van der Waals surface area contributed by atoms with E-state index in [0.717, 1.165) is 25.2 Å². The third-order valence-corrected chi connectivity index (χ3v) is 4.05. The third-order valence-electron chi connectivity index (χ3n) is 3.80. The van der Waals surface area contributed by atoms with Crippen LogP contribution < -0.4 is 5.32 Å².